The standard InChI is InChI=1S/C19H23NO4/c1-14(17-6-4-5-7-18(17)23-3)20-19(21)13-24-12-15-8-10-16(22-2)11-9-15/h4-11,14H,12-13H2,1-3H3,(H,20,21)/t14-/m1/s1. The van der Waals surface area contributed by atoms with Crippen LogP contribution in [0.2, 0.25) is 0 Å². The third-order valence-electron chi connectivity index (χ3n) is 3.64. The van der Waals surface area contributed by atoms with Crippen molar-refractivity contribution in [3.63, 3.8) is 0 Å². The van der Waals surface area contributed by atoms with E-state index in [1.54, 1.807) is 14.2 Å². The highest BCUT2D eigenvalue weighted by Crippen LogP contribution is 2.24. The number of amides is 1. The molecule has 1 N–H and O–H groups in total. The molecule has 0 aliphatic carbocycles. The van der Waals surface area contributed by atoms with Crippen molar-refractivity contribution in [2.45, 2.75) is 19.6 Å². The van der Waals surface area contributed by atoms with Gasteiger partial charge < -0.3 is 19.5 Å². The van der Waals surface area contributed by atoms with E-state index in [0.717, 1.165) is 22.6 Å². The molecule has 0 bridgehead atoms. The van der Waals surface area contributed by atoms with Crippen LogP contribution in [-0.2, 0) is 16.1 Å². The van der Waals surface area contributed by atoms with Crippen LogP contribution in [-0.4, -0.2) is 26.7 Å². The van der Waals surface area contributed by atoms with E-state index in [1.165, 1.54) is 0 Å². The molecular formula is C19H23NO4. The van der Waals surface area contributed by atoms with Gasteiger partial charge in [-0.05, 0) is 30.7 Å². The number of carbonyl (C=O) groups excluding carboxylic acids is 1. The number of hydrogen-bond donors (Lipinski definition) is 1. The van der Waals surface area contributed by atoms with Gasteiger partial charge in [0.15, 0.2) is 0 Å². The zero-order valence-corrected chi connectivity index (χ0v) is 14.2. The molecule has 0 fully saturated rings. The van der Waals surface area contributed by atoms with E-state index in [1.807, 2.05) is 55.5 Å². The van der Waals surface area contributed by atoms with Crippen molar-refractivity contribution in [1.29, 1.82) is 0 Å². The molecule has 2 rings (SSSR count). The topological polar surface area (TPSA) is 56.8 Å². The summed E-state index contributed by atoms with van der Waals surface area (Å²) in [7, 11) is 3.24. The molecule has 128 valence electrons. The van der Waals surface area contributed by atoms with Crippen molar-refractivity contribution in [2.75, 3.05) is 20.8 Å². The fourth-order valence-corrected chi connectivity index (χ4v) is 2.37. The molecule has 2 aromatic rings. The molecule has 5 nitrogen and oxygen atoms in total. The van der Waals surface area contributed by atoms with Crippen molar-refractivity contribution in [1.82, 2.24) is 5.32 Å². The van der Waals surface area contributed by atoms with E-state index in [4.69, 9.17) is 14.2 Å². The Labute approximate surface area is 142 Å². The SMILES string of the molecule is COc1ccc(COCC(=O)N[C@H](C)c2ccccc2OC)cc1. The Balaban J connectivity index is 1.80. The van der Waals surface area contributed by atoms with Gasteiger partial charge in [0, 0.05) is 5.56 Å². The van der Waals surface area contributed by atoms with Crippen molar-refractivity contribution >= 4 is 5.91 Å². The van der Waals surface area contributed by atoms with Gasteiger partial charge in [-0.25, -0.2) is 0 Å². The number of nitrogens with one attached hydrogen (secondary N) is 1. The normalized spacial score (nSPS) is 11.6. The molecule has 0 saturated carbocycles. The lowest BCUT2D eigenvalue weighted by molar-refractivity contribution is -0.126. The Morgan fingerprint density at radius 3 is 2.42 bits per heavy atom. The van der Waals surface area contributed by atoms with E-state index in [2.05, 4.69) is 5.32 Å². The summed E-state index contributed by atoms with van der Waals surface area (Å²) < 4.78 is 15.9. The third-order valence-corrected chi connectivity index (χ3v) is 3.64. The highest BCUT2D eigenvalue weighted by Gasteiger charge is 2.13. The smallest absolute Gasteiger partial charge is 0.246 e. The highest BCUT2D eigenvalue weighted by molar-refractivity contribution is 5.77. The Kier molecular flexibility index (Phi) is 6.63. The number of carbonyl (C=O) groups is 1. The Bertz CT molecular complexity index is 655. The maximum Gasteiger partial charge on any atom is 0.246 e. The minimum Gasteiger partial charge on any atom is -0.497 e. The molecule has 0 heterocycles. The second kappa shape index (κ2) is 8.93. The summed E-state index contributed by atoms with van der Waals surface area (Å²) in [4.78, 5) is 12.0. The quantitative estimate of drug-likeness (QED) is 0.808. The van der Waals surface area contributed by atoms with Crippen LogP contribution in [0.25, 0.3) is 0 Å². The summed E-state index contributed by atoms with van der Waals surface area (Å²) in [5.74, 6) is 1.38. The van der Waals surface area contributed by atoms with Crippen LogP contribution in [0.3, 0.4) is 0 Å². The van der Waals surface area contributed by atoms with Crippen LogP contribution >= 0.6 is 0 Å². The van der Waals surface area contributed by atoms with Crippen LogP contribution in [0.15, 0.2) is 48.5 Å². The number of hydrogen-bond acceptors (Lipinski definition) is 4. The largest absolute Gasteiger partial charge is 0.497 e. The molecular weight excluding hydrogens is 306 g/mol. The minimum atomic E-state index is -0.165. The van der Waals surface area contributed by atoms with E-state index in [9.17, 15) is 4.79 Å². The first kappa shape index (κ1) is 17.8. The molecule has 0 aliphatic rings. The maximum absolute atomic E-state index is 12.0. The van der Waals surface area contributed by atoms with Gasteiger partial charge in [-0.15, -0.1) is 0 Å². The zero-order valence-electron chi connectivity index (χ0n) is 14.2. The fourth-order valence-electron chi connectivity index (χ4n) is 2.37. The lowest BCUT2D eigenvalue weighted by Crippen LogP contribution is -2.30. The molecule has 0 unspecified atom stereocenters. The van der Waals surface area contributed by atoms with Gasteiger partial charge in [0.25, 0.3) is 0 Å². The van der Waals surface area contributed by atoms with Crippen LogP contribution in [0, 0.1) is 0 Å². The van der Waals surface area contributed by atoms with Crippen molar-refractivity contribution in [2.24, 2.45) is 0 Å². The predicted octanol–water partition coefficient (Wildman–Crippen LogP) is 3.10. The molecule has 0 aliphatic heterocycles. The monoisotopic (exact) mass is 329 g/mol. The van der Waals surface area contributed by atoms with Gasteiger partial charge >= 0.3 is 0 Å². The molecule has 0 aromatic heterocycles. The van der Waals surface area contributed by atoms with Crippen molar-refractivity contribution < 1.29 is 19.0 Å². The predicted molar refractivity (Wildman–Crippen MR) is 92.2 cm³/mol. The van der Waals surface area contributed by atoms with E-state index >= 15 is 0 Å². The molecule has 24 heavy (non-hydrogen) atoms. The fraction of sp³-hybridized carbons (Fsp3) is 0.316. The minimum absolute atomic E-state index is 0.00547. The van der Waals surface area contributed by atoms with E-state index in [0.29, 0.717) is 6.61 Å². The second-order valence-corrected chi connectivity index (χ2v) is 5.37. The van der Waals surface area contributed by atoms with Gasteiger partial charge in [-0.2, -0.15) is 0 Å². The average molecular weight is 329 g/mol. The van der Waals surface area contributed by atoms with Gasteiger partial charge in [-0.3, -0.25) is 4.79 Å². The van der Waals surface area contributed by atoms with Gasteiger partial charge in [0.05, 0.1) is 26.9 Å². The third kappa shape index (κ3) is 4.99. The molecule has 0 spiro atoms. The number of benzene rings is 2. The lowest BCUT2D eigenvalue weighted by Gasteiger charge is -2.17. The number of methoxy groups -OCH3 is 2. The van der Waals surface area contributed by atoms with E-state index in [-0.39, 0.29) is 18.6 Å². The molecule has 0 saturated heterocycles. The lowest BCUT2D eigenvalue weighted by atomic mass is 10.1. The summed E-state index contributed by atoms with van der Waals surface area (Å²) in [6.45, 7) is 2.30. The first-order valence-corrected chi connectivity index (χ1v) is 7.77. The van der Waals surface area contributed by atoms with Crippen molar-refractivity contribution in [3.8, 4) is 11.5 Å². The molecule has 2 aromatic carbocycles. The summed E-state index contributed by atoms with van der Waals surface area (Å²) in [5.41, 5.74) is 1.92. The van der Waals surface area contributed by atoms with Gasteiger partial charge in [-0.1, -0.05) is 30.3 Å². The van der Waals surface area contributed by atoms with Gasteiger partial charge in [0.1, 0.15) is 18.1 Å². The molecule has 1 amide bonds. The number of ether oxygens (including phenoxy) is 3. The summed E-state index contributed by atoms with van der Waals surface area (Å²) in [5, 5.41) is 2.91. The summed E-state index contributed by atoms with van der Waals surface area (Å²) >= 11 is 0. The van der Waals surface area contributed by atoms with Gasteiger partial charge in [0.2, 0.25) is 5.91 Å². The van der Waals surface area contributed by atoms with Crippen LogP contribution in [0.5, 0.6) is 11.5 Å². The van der Waals surface area contributed by atoms with Crippen LogP contribution in [0.1, 0.15) is 24.1 Å². The van der Waals surface area contributed by atoms with E-state index < -0.39 is 0 Å². The summed E-state index contributed by atoms with van der Waals surface area (Å²) in [6, 6.07) is 15.0. The molecule has 1 atom stereocenters. The Morgan fingerprint density at radius 2 is 1.75 bits per heavy atom. The van der Waals surface area contributed by atoms with Crippen LogP contribution < -0.4 is 14.8 Å². The zero-order chi connectivity index (χ0) is 17.4. The van der Waals surface area contributed by atoms with Crippen molar-refractivity contribution in [3.05, 3.63) is 59.7 Å². The average Bonchev–Trinajstić information content (AvgIpc) is 2.62. The maximum atomic E-state index is 12.0. The first-order chi connectivity index (χ1) is 11.6. The number of para-hydroxylation sites is 1. The highest BCUT2D eigenvalue weighted by atomic mass is 16.5. The summed E-state index contributed by atoms with van der Waals surface area (Å²) in [6.07, 6.45) is 0. The number of rotatable bonds is 8. The molecule has 0 radical (unpaired) electrons. The Hall–Kier alpha value is -2.53. The van der Waals surface area contributed by atoms with Crippen LogP contribution in [0.4, 0.5) is 0 Å². The first-order valence-electron chi connectivity index (χ1n) is 7.77. The molecule has 5 heteroatoms. The second-order valence-electron chi connectivity index (χ2n) is 5.37. The Morgan fingerprint density at radius 1 is 1.04 bits per heavy atom.